The van der Waals surface area contributed by atoms with E-state index in [9.17, 15) is 8.42 Å². The molecule has 0 aromatic rings. The molecule has 1 aliphatic carbocycles. The van der Waals surface area contributed by atoms with Crippen LogP contribution in [0, 0.1) is 5.92 Å². The zero-order valence-electron chi connectivity index (χ0n) is 13.9. The maximum absolute atomic E-state index is 11.7. The molecule has 124 valence electrons. The Bertz CT molecular complexity index is 428. The molecule has 1 atom stereocenters. The van der Waals surface area contributed by atoms with E-state index in [0.29, 0.717) is 23.3 Å². The molecule has 2 fully saturated rings. The molecule has 4 nitrogen and oxygen atoms in total. The second-order valence-corrected chi connectivity index (χ2v) is 9.71. The molecule has 2 rings (SSSR count). The van der Waals surface area contributed by atoms with Gasteiger partial charge in [-0.3, -0.25) is 4.90 Å². The summed E-state index contributed by atoms with van der Waals surface area (Å²) in [5.74, 6) is 1.22. The van der Waals surface area contributed by atoms with Gasteiger partial charge in [-0.05, 0) is 31.7 Å². The highest BCUT2D eigenvalue weighted by atomic mass is 32.2. The van der Waals surface area contributed by atoms with Crippen LogP contribution in [0.3, 0.4) is 0 Å². The Labute approximate surface area is 130 Å². The molecule has 5 heteroatoms. The van der Waals surface area contributed by atoms with Gasteiger partial charge in [-0.15, -0.1) is 0 Å². The summed E-state index contributed by atoms with van der Waals surface area (Å²) in [5, 5.41) is 3.81. The average Bonchev–Trinajstić information content (AvgIpc) is 2.86. The van der Waals surface area contributed by atoms with Crippen LogP contribution < -0.4 is 5.32 Å². The van der Waals surface area contributed by atoms with Gasteiger partial charge in [0.25, 0.3) is 0 Å². The lowest BCUT2D eigenvalue weighted by Crippen LogP contribution is -2.64. The monoisotopic (exact) mass is 316 g/mol. The number of nitrogens with zero attached hydrogens (tertiary/aromatic N) is 1. The molecule has 1 saturated heterocycles. The molecule has 1 saturated carbocycles. The fraction of sp³-hybridized carbons (Fsp3) is 1.00. The quantitative estimate of drug-likeness (QED) is 0.815. The SMILES string of the molecule is CCS(=O)(=O)CCCN1CC2(CCCC2)NCC1C(C)C. The number of rotatable bonds is 6. The van der Waals surface area contributed by atoms with E-state index in [1.54, 1.807) is 6.92 Å². The van der Waals surface area contributed by atoms with E-state index >= 15 is 0 Å². The largest absolute Gasteiger partial charge is 0.308 e. The lowest BCUT2D eigenvalue weighted by atomic mass is 9.89. The van der Waals surface area contributed by atoms with Crippen LogP contribution in [0.1, 0.15) is 52.9 Å². The van der Waals surface area contributed by atoms with Gasteiger partial charge in [-0.1, -0.05) is 33.6 Å². The van der Waals surface area contributed by atoms with Gasteiger partial charge < -0.3 is 5.32 Å². The highest BCUT2D eigenvalue weighted by Gasteiger charge is 2.41. The minimum absolute atomic E-state index is 0.270. The summed E-state index contributed by atoms with van der Waals surface area (Å²) in [6.45, 7) is 9.36. The Morgan fingerprint density at radius 1 is 1.29 bits per heavy atom. The van der Waals surface area contributed by atoms with Crippen molar-refractivity contribution < 1.29 is 8.42 Å². The van der Waals surface area contributed by atoms with Crippen molar-refractivity contribution in [1.29, 1.82) is 0 Å². The third-order valence-electron chi connectivity index (χ3n) is 5.33. The van der Waals surface area contributed by atoms with Gasteiger partial charge in [0.1, 0.15) is 9.84 Å². The van der Waals surface area contributed by atoms with Crippen molar-refractivity contribution in [1.82, 2.24) is 10.2 Å². The number of sulfone groups is 1. The first-order valence-corrected chi connectivity index (χ1v) is 10.4. The van der Waals surface area contributed by atoms with Gasteiger partial charge in [-0.25, -0.2) is 8.42 Å². The van der Waals surface area contributed by atoms with Crippen LogP contribution in [0.4, 0.5) is 0 Å². The highest BCUT2D eigenvalue weighted by molar-refractivity contribution is 7.91. The molecule has 0 aromatic carbocycles. The van der Waals surface area contributed by atoms with E-state index in [4.69, 9.17) is 0 Å². The molecule has 1 N–H and O–H groups in total. The van der Waals surface area contributed by atoms with Gasteiger partial charge in [0.2, 0.25) is 0 Å². The van der Waals surface area contributed by atoms with Crippen LogP contribution in [-0.4, -0.2) is 56.0 Å². The minimum atomic E-state index is -2.83. The molecule has 0 amide bonds. The zero-order chi connectivity index (χ0) is 15.5. The lowest BCUT2D eigenvalue weighted by Gasteiger charge is -2.48. The van der Waals surface area contributed by atoms with Crippen molar-refractivity contribution in [2.75, 3.05) is 31.1 Å². The molecule has 1 unspecified atom stereocenters. The predicted molar refractivity (Wildman–Crippen MR) is 88.3 cm³/mol. The van der Waals surface area contributed by atoms with Gasteiger partial charge in [0.15, 0.2) is 0 Å². The van der Waals surface area contributed by atoms with E-state index in [0.717, 1.165) is 26.1 Å². The summed E-state index contributed by atoms with van der Waals surface area (Å²) in [6.07, 6.45) is 5.99. The summed E-state index contributed by atoms with van der Waals surface area (Å²) in [7, 11) is -2.83. The van der Waals surface area contributed by atoms with E-state index < -0.39 is 9.84 Å². The first kappa shape index (κ1) is 17.2. The molecule has 1 aliphatic heterocycles. The van der Waals surface area contributed by atoms with Crippen LogP contribution in [0.5, 0.6) is 0 Å². The second kappa shape index (κ2) is 6.97. The fourth-order valence-corrected chi connectivity index (χ4v) is 4.79. The van der Waals surface area contributed by atoms with Crippen LogP contribution in [0.25, 0.3) is 0 Å². The number of piperazine rings is 1. The molecule has 0 aromatic heterocycles. The Hall–Kier alpha value is -0.130. The normalized spacial score (nSPS) is 26.8. The summed E-state index contributed by atoms with van der Waals surface area (Å²) in [4.78, 5) is 2.57. The summed E-state index contributed by atoms with van der Waals surface area (Å²) in [6, 6.07) is 0.542. The molecular weight excluding hydrogens is 284 g/mol. The Kier molecular flexibility index (Phi) is 5.71. The molecular formula is C16H32N2O2S. The maximum atomic E-state index is 11.7. The van der Waals surface area contributed by atoms with Crippen molar-refractivity contribution in [3.05, 3.63) is 0 Å². The van der Waals surface area contributed by atoms with E-state index in [1.807, 2.05) is 0 Å². The van der Waals surface area contributed by atoms with Crippen molar-refractivity contribution >= 4 is 9.84 Å². The van der Waals surface area contributed by atoms with Crippen molar-refractivity contribution in [3.63, 3.8) is 0 Å². The van der Waals surface area contributed by atoms with Crippen LogP contribution >= 0.6 is 0 Å². The van der Waals surface area contributed by atoms with E-state index in [1.165, 1.54) is 25.7 Å². The summed E-state index contributed by atoms with van der Waals surface area (Å²) >= 11 is 0. The molecule has 1 spiro atoms. The van der Waals surface area contributed by atoms with Crippen LogP contribution in [0.2, 0.25) is 0 Å². The van der Waals surface area contributed by atoms with E-state index in [2.05, 4.69) is 24.1 Å². The Morgan fingerprint density at radius 2 is 1.95 bits per heavy atom. The number of hydrogen-bond donors (Lipinski definition) is 1. The van der Waals surface area contributed by atoms with Crippen molar-refractivity contribution in [2.45, 2.75) is 64.5 Å². The fourth-order valence-electron chi connectivity index (χ4n) is 3.93. The minimum Gasteiger partial charge on any atom is -0.308 e. The Morgan fingerprint density at radius 3 is 2.52 bits per heavy atom. The van der Waals surface area contributed by atoms with Crippen molar-refractivity contribution in [2.24, 2.45) is 5.92 Å². The molecule has 0 radical (unpaired) electrons. The second-order valence-electron chi connectivity index (χ2n) is 7.24. The van der Waals surface area contributed by atoms with Gasteiger partial charge in [0, 0.05) is 30.4 Å². The lowest BCUT2D eigenvalue weighted by molar-refractivity contribution is 0.0574. The van der Waals surface area contributed by atoms with Crippen LogP contribution in [0.15, 0.2) is 0 Å². The highest BCUT2D eigenvalue weighted by Crippen LogP contribution is 2.34. The van der Waals surface area contributed by atoms with E-state index in [-0.39, 0.29) is 5.75 Å². The van der Waals surface area contributed by atoms with Gasteiger partial charge in [0.05, 0.1) is 5.75 Å². The molecule has 0 bridgehead atoms. The van der Waals surface area contributed by atoms with Gasteiger partial charge in [-0.2, -0.15) is 0 Å². The Balaban J connectivity index is 1.94. The van der Waals surface area contributed by atoms with Gasteiger partial charge >= 0.3 is 0 Å². The number of hydrogen-bond acceptors (Lipinski definition) is 4. The molecule has 2 aliphatic rings. The third-order valence-corrected chi connectivity index (χ3v) is 7.12. The first-order chi connectivity index (χ1) is 9.87. The zero-order valence-corrected chi connectivity index (χ0v) is 14.7. The van der Waals surface area contributed by atoms with Crippen LogP contribution in [-0.2, 0) is 9.84 Å². The van der Waals surface area contributed by atoms with Crippen molar-refractivity contribution in [3.8, 4) is 0 Å². The number of nitrogens with one attached hydrogen (secondary N) is 1. The standard InChI is InChI=1S/C16H32N2O2S/c1-4-21(19,20)11-7-10-18-13-16(8-5-6-9-16)17-12-15(18)14(2)3/h14-15,17H,4-13H2,1-3H3. The maximum Gasteiger partial charge on any atom is 0.150 e. The summed E-state index contributed by atoms with van der Waals surface area (Å²) < 4.78 is 23.4. The summed E-state index contributed by atoms with van der Waals surface area (Å²) in [5.41, 5.74) is 0.315. The smallest absolute Gasteiger partial charge is 0.150 e. The topological polar surface area (TPSA) is 49.4 Å². The average molecular weight is 317 g/mol. The third kappa shape index (κ3) is 4.42. The first-order valence-electron chi connectivity index (χ1n) is 8.57. The predicted octanol–water partition coefficient (Wildman–Crippen LogP) is 2.05. The molecule has 1 heterocycles. The molecule has 21 heavy (non-hydrogen) atoms.